The van der Waals surface area contributed by atoms with E-state index in [1.54, 1.807) is 0 Å². The highest BCUT2D eigenvalue weighted by molar-refractivity contribution is 4.78. The second-order valence-corrected chi connectivity index (χ2v) is 5.99. The number of hydrogen-bond donors (Lipinski definition) is 0. The number of rotatable bonds is 8. The van der Waals surface area contributed by atoms with E-state index in [1.807, 2.05) is 0 Å². The highest BCUT2D eigenvalue weighted by Crippen LogP contribution is 2.36. The van der Waals surface area contributed by atoms with Gasteiger partial charge in [-0.05, 0) is 29.6 Å². The van der Waals surface area contributed by atoms with Crippen LogP contribution in [-0.2, 0) is 0 Å². The van der Waals surface area contributed by atoms with Crippen LogP contribution in [0.15, 0.2) is 0 Å². The molecule has 0 radical (unpaired) electrons. The molecule has 0 amide bonds. The molecule has 0 nitrogen and oxygen atoms in total. The molecule has 0 aliphatic carbocycles. The fourth-order valence-electron chi connectivity index (χ4n) is 3.21. The molecule has 0 aromatic rings. The molecular formula is C16H34. The highest BCUT2D eigenvalue weighted by Gasteiger charge is 2.28. The predicted molar refractivity (Wildman–Crippen MR) is 75.6 cm³/mol. The molecule has 16 heavy (non-hydrogen) atoms. The molecule has 0 bridgehead atoms. The largest absolute Gasteiger partial charge is 0.0654 e. The van der Waals surface area contributed by atoms with E-state index < -0.39 is 0 Å². The van der Waals surface area contributed by atoms with Gasteiger partial charge in [0.15, 0.2) is 0 Å². The van der Waals surface area contributed by atoms with Crippen LogP contribution >= 0.6 is 0 Å². The summed E-state index contributed by atoms with van der Waals surface area (Å²) in [6.07, 6.45) is 5.45. The van der Waals surface area contributed by atoms with Crippen LogP contribution in [0.3, 0.4) is 0 Å². The average Bonchev–Trinajstić information content (AvgIpc) is 2.26. The van der Waals surface area contributed by atoms with E-state index in [9.17, 15) is 0 Å². The van der Waals surface area contributed by atoms with Crippen molar-refractivity contribution in [1.29, 1.82) is 0 Å². The van der Waals surface area contributed by atoms with Gasteiger partial charge in [0.2, 0.25) is 0 Å². The van der Waals surface area contributed by atoms with Crippen molar-refractivity contribution in [2.75, 3.05) is 0 Å². The maximum Gasteiger partial charge on any atom is -0.0358 e. The third-order valence-corrected chi connectivity index (χ3v) is 4.82. The minimum atomic E-state index is 0.827. The van der Waals surface area contributed by atoms with Crippen molar-refractivity contribution in [3.8, 4) is 0 Å². The summed E-state index contributed by atoms with van der Waals surface area (Å²) in [5.74, 6) is 4.45. The molecule has 98 valence electrons. The molecule has 3 atom stereocenters. The molecule has 0 N–H and O–H groups in total. The Bertz CT molecular complexity index is 155. The van der Waals surface area contributed by atoms with Gasteiger partial charge in [0.25, 0.3) is 0 Å². The van der Waals surface area contributed by atoms with Crippen molar-refractivity contribution in [3.05, 3.63) is 0 Å². The maximum absolute atomic E-state index is 2.50. The molecule has 0 heteroatoms. The summed E-state index contributed by atoms with van der Waals surface area (Å²) >= 11 is 0. The molecule has 0 heterocycles. The van der Waals surface area contributed by atoms with Crippen molar-refractivity contribution in [2.45, 2.75) is 74.1 Å². The normalized spacial score (nSPS) is 17.8. The molecule has 0 aliphatic rings. The second kappa shape index (κ2) is 8.14. The first kappa shape index (κ1) is 16.0. The standard InChI is InChI=1S/C16H34/c1-8-11-16(13(6)12(4)5)14(7)15(9-2)10-3/h12-16H,8-11H2,1-7H3. The minimum Gasteiger partial charge on any atom is -0.0654 e. The van der Waals surface area contributed by atoms with Crippen molar-refractivity contribution < 1.29 is 0 Å². The molecule has 0 saturated carbocycles. The van der Waals surface area contributed by atoms with Crippen LogP contribution in [-0.4, -0.2) is 0 Å². The van der Waals surface area contributed by atoms with Crippen LogP contribution in [0.2, 0.25) is 0 Å². The summed E-state index contributed by atoms with van der Waals surface area (Å²) in [6.45, 7) is 16.8. The molecule has 3 unspecified atom stereocenters. The lowest BCUT2D eigenvalue weighted by molar-refractivity contribution is 0.136. The fourth-order valence-corrected chi connectivity index (χ4v) is 3.21. The Hall–Kier alpha value is 0. The zero-order valence-electron chi connectivity index (χ0n) is 12.7. The lowest BCUT2D eigenvalue weighted by Crippen LogP contribution is -2.28. The third-order valence-electron chi connectivity index (χ3n) is 4.82. The van der Waals surface area contributed by atoms with Gasteiger partial charge in [-0.1, -0.05) is 74.1 Å². The maximum atomic E-state index is 2.50. The van der Waals surface area contributed by atoms with Gasteiger partial charge in [-0.2, -0.15) is 0 Å². The van der Waals surface area contributed by atoms with Gasteiger partial charge in [0.1, 0.15) is 0 Å². The topological polar surface area (TPSA) is 0 Å². The Kier molecular flexibility index (Phi) is 8.14. The van der Waals surface area contributed by atoms with Crippen LogP contribution in [0.4, 0.5) is 0 Å². The SMILES string of the molecule is CCCC(C(C)C(C)C)C(C)C(CC)CC. The van der Waals surface area contributed by atoms with Gasteiger partial charge >= 0.3 is 0 Å². The summed E-state index contributed by atoms with van der Waals surface area (Å²) in [6, 6.07) is 0. The van der Waals surface area contributed by atoms with Gasteiger partial charge < -0.3 is 0 Å². The van der Waals surface area contributed by atoms with Crippen LogP contribution in [0, 0.1) is 29.6 Å². The van der Waals surface area contributed by atoms with E-state index in [2.05, 4.69) is 48.5 Å². The predicted octanol–water partition coefficient (Wildman–Crippen LogP) is 5.77. The Morgan fingerprint density at radius 2 is 1.25 bits per heavy atom. The van der Waals surface area contributed by atoms with E-state index in [0.29, 0.717) is 0 Å². The zero-order chi connectivity index (χ0) is 12.7. The lowest BCUT2D eigenvalue weighted by Gasteiger charge is -2.36. The van der Waals surface area contributed by atoms with Gasteiger partial charge in [0, 0.05) is 0 Å². The molecule has 0 saturated heterocycles. The third kappa shape index (κ3) is 4.47. The minimum absolute atomic E-state index is 0.827. The number of hydrogen-bond acceptors (Lipinski definition) is 0. The second-order valence-electron chi connectivity index (χ2n) is 5.99. The van der Waals surface area contributed by atoms with E-state index in [4.69, 9.17) is 0 Å². The van der Waals surface area contributed by atoms with Crippen LogP contribution < -0.4 is 0 Å². The van der Waals surface area contributed by atoms with Crippen LogP contribution in [0.5, 0.6) is 0 Å². The van der Waals surface area contributed by atoms with E-state index in [1.165, 1.54) is 25.7 Å². The van der Waals surface area contributed by atoms with Crippen molar-refractivity contribution >= 4 is 0 Å². The van der Waals surface area contributed by atoms with Crippen LogP contribution in [0.25, 0.3) is 0 Å². The first-order valence-corrected chi connectivity index (χ1v) is 7.49. The fraction of sp³-hybridized carbons (Fsp3) is 1.00. The quantitative estimate of drug-likeness (QED) is 0.493. The monoisotopic (exact) mass is 226 g/mol. The first-order valence-electron chi connectivity index (χ1n) is 7.49. The smallest absolute Gasteiger partial charge is 0.0358 e. The molecule has 0 rings (SSSR count). The van der Waals surface area contributed by atoms with Crippen molar-refractivity contribution in [3.63, 3.8) is 0 Å². The van der Waals surface area contributed by atoms with Crippen LogP contribution in [0.1, 0.15) is 74.1 Å². The Morgan fingerprint density at radius 1 is 0.750 bits per heavy atom. The molecule has 0 aliphatic heterocycles. The Morgan fingerprint density at radius 3 is 1.56 bits per heavy atom. The Labute approximate surface area is 104 Å². The van der Waals surface area contributed by atoms with Crippen molar-refractivity contribution in [1.82, 2.24) is 0 Å². The zero-order valence-corrected chi connectivity index (χ0v) is 12.7. The average molecular weight is 226 g/mol. The lowest BCUT2D eigenvalue weighted by atomic mass is 9.70. The van der Waals surface area contributed by atoms with Gasteiger partial charge in [-0.3, -0.25) is 0 Å². The van der Waals surface area contributed by atoms with E-state index in [-0.39, 0.29) is 0 Å². The summed E-state index contributed by atoms with van der Waals surface area (Å²) in [4.78, 5) is 0. The summed E-state index contributed by atoms with van der Waals surface area (Å²) < 4.78 is 0. The van der Waals surface area contributed by atoms with Crippen molar-refractivity contribution in [2.24, 2.45) is 29.6 Å². The molecular weight excluding hydrogens is 192 g/mol. The molecule has 0 fully saturated rings. The summed E-state index contributed by atoms with van der Waals surface area (Å²) in [5, 5.41) is 0. The molecule has 0 aromatic heterocycles. The van der Waals surface area contributed by atoms with E-state index in [0.717, 1.165) is 29.6 Å². The first-order chi connectivity index (χ1) is 7.49. The van der Waals surface area contributed by atoms with E-state index >= 15 is 0 Å². The van der Waals surface area contributed by atoms with Gasteiger partial charge in [0.05, 0.1) is 0 Å². The molecule has 0 aromatic carbocycles. The summed E-state index contributed by atoms with van der Waals surface area (Å²) in [7, 11) is 0. The Balaban J connectivity index is 4.61. The van der Waals surface area contributed by atoms with Gasteiger partial charge in [-0.15, -0.1) is 0 Å². The van der Waals surface area contributed by atoms with Gasteiger partial charge in [-0.25, -0.2) is 0 Å². The summed E-state index contributed by atoms with van der Waals surface area (Å²) in [5.41, 5.74) is 0. The molecule has 0 spiro atoms. The highest BCUT2D eigenvalue weighted by atomic mass is 14.3.